The van der Waals surface area contributed by atoms with Crippen LogP contribution >= 0.6 is 0 Å². The maximum absolute atomic E-state index is 12.2. The second-order valence-corrected chi connectivity index (χ2v) is 4.60. The monoisotopic (exact) mass is 288 g/mol. The zero-order valence-electron chi connectivity index (χ0n) is 12.1. The molecular weight excluding hydrogens is 268 g/mol. The fourth-order valence-corrected chi connectivity index (χ4v) is 1.86. The quantitative estimate of drug-likeness (QED) is 0.716. The van der Waals surface area contributed by atoms with Gasteiger partial charge in [-0.1, -0.05) is 12.1 Å². The van der Waals surface area contributed by atoms with Crippen LogP contribution < -0.4 is 10.6 Å². The molecular formula is C14H20N6O. The topological polar surface area (TPSA) is 84.7 Å². The summed E-state index contributed by atoms with van der Waals surface area (Å²) < 4.78 is 1.74. The SMILES string of the molecule is CCCNc1ncccc1C(=O)NCCCn1ccnn1. The molecule has 7 nitrogen and oxygen atoms in total. The lowest BCUT2D eigenvalue weighted by molar-refractivity contribution is 0.0953. The van der Waals surface area contributed by atoms with Crippen LogP contribution in [0.2, 0.25) is 0 Å². The van der Waals surface area contributed by atoms with Crippen molar-refractivity contribution in [3.63, 3.8) is 0 Å². The molecule has 0 aliphatic rings. The van der Waals surface area contributed by atoms with E-state index in [1.165, 1.54) is 0 Å². The van der Waals surface area contributed by atoms with Gasteiger partial charge in [0.15, 0.2) is 0 Å². The first-order valence-electron chi connectivity index (χ1n) is 7.12. The molecule has 0 aromatic carbocycles. The summed E-state index contributed by atoms with van der Waals surface area (Å²) in [6.45, 7) is 4.18. The summed E-state index contributed by atoms with van der Waals surface area (Å²) in [5.41, 5.74) is 0.576. The molecule has 2 heterocycles. The van der Waals surface area contributed by atoms with Crippen LogP contribution in [0.15, 0.2) is 30.7 Å². The van der Waals surface area contributed by atoms with Crippen molar-refractivity contribution in [1.82, 2.24) is 25.3 Å². The first kappa shape index (κ1) is 15.0. The number of nitrogens with zero attached hydrogens (tertiary/aromatic N) is 4. The molecule has 2 aromatic heterocycles. The average molecular weight is 288 g/mol. The van der Waals surface area contributed by atoms with E-state index in [1.807, 2.05) is 0 Å². The number of anilines is 1. The molecule has 1 amide bonds. The number of nitrogens with one attached hydrogen (secondary N) is 2. The van der Waals surface area contributed by atoms with E-state index in [1.54, 1.807) is 35.4 Å². The Labute approximate surface area is 123 Å². The third-order valence-corrected chi connectivity index (χ3v) is 2.92. The number of carbonyl (C=O) groups is 1. The number of hydrogen-bond donors (Lipinski definition) is 2. The maximum atomic E-state index is 12.2. The summed E-state index contributed by atoms with van der Waals surface area (Å²) in [6, 6.07) is 3.54. The second kappa shape index (κ2) is 7.98. The van der Waals surface area contributed by atoms with Gasteiger partial charge in [0, 0.05) is 32.0 Å². The van der Waals surface area contributed by atoms with Crippen molar-refractivity contribution in [3.05, 3.63) is 36.3 Å². The Morgan fingerprint density at radius 2 is 2.24 bits per heavy atom. The lowest BCUT2D eigenvalue weighted by atomic mass is 10.2. The molecule has 0 aliphatic heterocycles. The predicted molar refractivity (Wildman–Crippen MR) is 80.0 cm³/mol. The van der Waals surface area contributed by atoms with Crippen molar-refractivity contribution in [1.29, 1.82) is 0 Å². The molecule has 0 saturated heterocycles. The van der Waals surface area contributed by atoms with Crippen molar-refractivity contribution in [2.75, 3.05) is 18.4 Å². The minimum atomic E-state index is -0.111. The molecule has 0 bridgehead atoms. The van der Waals surface area contributed by atoms with E-state index in [4.69, 9.17) is 0 Å². The number of aryl methyl sites for hydroxylation is 1. The summed E-state index contributed by atoms with van der Waals surface area (Å²) >= 11 is 0. The minimum absolute atomic E-state index is 0.111. The number of hydrogen-bond acceptors (Lipinski definition) is 5. The minimum Gasteiger partial charge on any atom is -0.369 e. The normalized spacial score (nSPS) is 10.3. The number of aromatic nitrogens is 4. The Morgan fingerprint density at radius 3 is 3.00 bits per heavy atom. The van der Waals surface area contributed by atoms with E-state index >= 15 is 0 Å². The molecule has 0 spiro atoms. The third-order valence-electron chi connectivity index (χ3n) is 2.92. The predicted octanol–water partition coefficient (Wildman–Crippen LogP) is 1.32. The van der Waals surface area contributed by atoms with Gasteiger partial charge >= 0.3 is 0 Å². The van der Waals surface area contributed by atoms with E-state index in [0.717, 1.165) is 25.9 Å². The van der Waals surface area contributed by atoms with E-state index < -0.39 is 0 Å². The molecule has 0 saturated carbocycles. The summed E-state index contributed by atoms with van der Waals surface area (Å²) in [6.07, 6.45) is 6.90. The fourth-order valence-electron chi connectivity index (χ4n) is 1.86. The Hall–Kier alpha value is -2.44. The lowest BCUT2D eigenvalue weighted by Crippen LogP contribution is -2.26. The maximum Gasteiger partial charge on any atom is 0.255 e. The lowest BCUT2D eigenvalue weighted by Gasteiger charge is -2.10. The molecule has 2 rings (SSSR count). The second-order valence-electron chi connectivity index (χ2n) is 4.60. The molecule has 7 heteroatoms. The van der Waals surface area contributed by atoms with Crippen LogP contribution in [0, 0.1) is 0 Å². The Balaban J connectivity index is 1.82. The van der Waals surface area contributed by atoms with Gasteiger partial charge in [0.2, 0.25) is 0 Å². The zero-order chi connectivity index (χ0) is 14.9. The molecule has 0 atom stereocenters. The van der Waals surface area contributed by atoms with E-state index in [2.05, 4.69) is 32.9 Å². The van der Waals surface area contributed by atoms with Crippen LogP contribution in [0.1, 0.15) is 30.1 Å². The highest BCUT2D eigenvalue weighted by Crippen LogP contribution is 2.11. The zero-order valence-corrected chi connectivity index (χ0v) is 12.1. The number of rotatable bonds is 8. The summed E-state index contributed by atoms with van der Waals surface area (Å²) in [5, 5.41) is 13.7. The molecule has 2 N–H and O–H groups in total. The Kier molecular flexibility index (Phi) is 5.69. The Morgan fingerprint density at radius 1 is 1.33 bits per heavy atom. The van der Waals surface area contributed by atoms with Gasteiger partial charge in [-0.25, -0.2) is 4.98 Å². The molecule has 112 valence electrons. The van der Waals surface area contributed by atoms with Crippen LogP contribution in [0.3, 0.4) is 0 Å². The first-order chi connectivity index (χ1) is 10.3. The highest BCUT2D eigenvalue weighted by atomic mass is 16.1. The van der Waals surface area contributed by atoms with Gasteiger partial charge in [-0.3, -0.25) is 9.48 Å². The van der Waals surface area contributed by atoms with E-state index in [-0.39, 0.29) is 5.91 Å². The van der Waals surface area contributed by atoms with Crippen LogP contribution in [0.5, 0.6) is 0 Å². The Bertz CT molecular complexity index is 554. The molecule has 0 unspecified atom stereocenters. The van der Waals surface area contributed by atoms with Gasteiger partial charge in [-0.05, 0) is 25.0 Å². The summed E-state index contributed by atoms with van der Waals surface area (Å²) in [4.78, 5) is 16.4. The van der Waals surface area contributed by atoms with Crippen molar-refractivity contribution < 1.29 is 4.79 Å². The van der Waals surface area contributed by atoms with Gasteiger partial charge in [-0.2, -0.15) is 0 Å². The molecule has 0 fully saturated rings. The van der Waals surface area contributed by atoms with Crippen molar-refractivity contribution in [2.45, 2.75) is 26.3 Å². The van der Waals surface area contributed by atoms with Gasteiger partial charge in [0.25, 0.3) is 5.91 Å². The van der Waals surface area contributed by atoms with Crippen molar-refractivity contribution in [3.8, 4) is 0 Å². The van der Waals surface area contributed by atoms with Gasteiger partial charge in [0.1, 0.15) is 5.82 Å². The molecule has 2 aromatic rings. The molecule has 0 aliphatic carbocycles. The largest absolute Gasteiger partial charge is 0.369 e. The smallest absolute Gasteiger partial charge is 0.255 e. The van der Waals surface area contributed by atoms with Crippen LogP contribution in [-0.2, 0) is 6.54 Å². The van der Waals surface area contributed by atoms with E-state index in [9.17, 15) is 4.79 Å². The fraction of sp³-hybridized carbons (Fsp3) is 0.429. The van der Waals surface area contributed by atoms with Crippen LogP contribution in [0.25, 0.3) is 0 Å². The molecule has 0 radical (unpaired) electrons. The van der Waals surface area contributed by atoms with Crippen molar-refractivity contribution >= 4 is 11.7 Å². The number of pyridine rings is 1. The highest BCUT2D eigenvalue weighted by Gasteiger charge is 2.10. The van der Waals surface area contributed by atoms with Gasteiger partial charge in [-0.15, -0.1) is 5.10 Å². The average Bonchev–Trinajstić information content (AvgIpc) is 3.03. The third kappa shape index (κ3) is 4.55. The van der Waals surface area contributed by atoms with Crippen LogP contribution in [0.4, 0.5) is 5.82 Å². The standard InChI is InChI=1S/C14H20N6O/c1-2-6-15-13-12(5-3-7-16-13)14(21)17-8-4-10-20-11-9-18-19-20/h3,5,7,9,11H,2,4,6,8,10H2,1H3,(H,15,16)(H,17,21). The van der Waals surface area contributed by atoms with Gasteiger partial charge in [0.05, 0.1) is 11.8 Å². The van der Waals surface area contributed by atoms with Gasteiger partial charge < -0.3 is 10.6 Å². The first-order valence-corrected chi connectivity index (χ1v) is 7.12. The number of carbonyl (C=O) groups excluding carboxylic acids is 1. The van der Waals surface area contributed by atoms with E-state index in [0.29, 0.717) is 17.9 Å². The van der Waals surface area contributed by atoms with Crippen molar-refractivity contribution in [2.24, 2.45) is 0 Å². The van der Waals surface area contributed by atoms with Crippen LogP contribution in [-0.4, -0.2) is 39.0 Å². The summed E-state index contributed by atoms with van der Waals surface area (Å²) in [7, 11) is 0. The number of amides is 1. The highest BCUT2D eigenvalue weighted by molar-refractivity contribution is 5.98. The molecule has 21 heavy (non-hydrogen) atoms. The summed E-state index contributed by atoms with van der Waals surface area (Å²) in [5.74, 6) is 0.522.